The van der Waals surface area contributed by atoms with Gasteiger partial charge in [-0.15, -0.1) is 0 Å². The molecule has 0 bridgehead atoms. The molecule has 11 heavy (non-hydrogen) atoms. The first-order valence-electron chi connectivity index (χ1n) is 3.51. The third-order valence-electron chi connectivity index (χ3n) is 1.57. The van der Waals surface area contributed by atoms with Gasteiger partial charge in [-0.1, -0.05) is 30.4 Å². The number of aromatic nitrogens is 2. The first kappa shape index (κ1) is 6.16. The van der Waals surface area contributed by atoms with E-state index in [0.29, 0.717) is 0 Å². The highest BCUT2D eigenvalue weighted by Crippen LogP contribution is 2.10. The van der Waals surface area contributed by atoms with Crippen molar-refractivity contribution in [1.29, 1.82) is 0 Å². The molecule has 1 aromatic rings. The van der Waals surface area contributed by atoms with E-state index in [1.54, 1.807) is 0 Å². The maximum Gasteiger partial charge on any atom is 0.0650 e. The lowest BCUT2D eigenvalue weighted by Gasteiger charge is -1.90. The first-order valence-corrected chi connectivity index (χ1v) is 3.51. The number of fused-ring (bicyclic) bond motifs is 1. The fourth-order valence-electron chi connectivity index (χ4n) is 1.01. The average molecular weight is 144 g/mol. The Morgan fingerprint density at radius 3 is 2.73 bits per heavy atom. The molecule has 1 aromatic heterocycles. The van der Waals surface area contributed by atoms with Crippen molar-refractivity contribution in [3.63, 3.8) is 0 Å². The van der Waals surface area contributed by atoms with Gasteiger partial charge in [-0.3, -0.25) is 5.10 Å². The molecule has 0 saturated carbocycles. The van der Waals surface area contributed by atoms with Gasteiger partial charge in [0.05, 0.1) is 11.9 Å². The minimum absolute atomic E-state index is 1.06. The van der Waals surface area contributed by atoms with Crippen LogP contribution in [0.2, 0.25) is 0 Å². The fraction of sp³-hybridized carbons (Fsp3) is 0. The molecule has 0 saturated heterocycles. The van der Waals surface area contributed by atoms with Crippen LogP contribution in [-0.4, -0.2) is 10.2 Å². The van der Waals surface area contributed by atoms with Gasteiger partial charge in [0.2, 0.25) is 0 Å². The van der Waals surface area contributed by atoms with Gasteiger partial charge < -0.3 is 0 Å². The molecule has 1 aliphatic carbocycles. The average Bonchev–Trinajstić information content (AvgIpc) is 2.35. The second kappa shape index (κ2) is 2.58. The number of allylic oxidation sites excluding steroid dienone is 4. The summed E-state index contributed by atoms with van der Waals surface area (Å²) in [6, 6.07) is 0. The number of rotatable bonds is 0. The summed E-state index contributed by atoms with van der Waals surface area (Å²) in [4.78, 5) is 0. The maximum absolute atomic E-state index is 3.93. The Labute approximate surface area is 64.9 Å². The lowest BCUT2D eigenvalue weighted by Crippen LogP contribution is -1.76. The van der Waals surface area contributed by atoms with Gasteiger partial charge in [0.15, 0.2) is 0 Å². The molecule has 54 valence electrons. The molecular weight excluding hydrogens is 136 g/mol. The van der Waals surface area contributed by atoms with E-state index in [0.717, 1.165) is 11.3 Å². The number of hydrogen-bond acceptors (Lipinski definition) is 1. The second-order valence-electron chi connectivity index (χ2n) is 2.34. The number of hydrogen-bond donors (Lipinski definition) is 1. The molecular formula is C9H8N2. The van der Waals surface area contributed by atoms with E-state index in [-0.39, 0.29) is 0 Å². The molecule has 1 aliphatic rings. The molecule has 2 rings (SSSR count). The zero-order chi connectivity index (χ0) is 7.52. The third kappa shape index (κ3) is 1.15. The van der Waals surface area contributed by atoms with Crippen LogP contribution in [0.4, 0.5) is 0 Å². The van der Waals surface area contributed by atoms with Crippen molar-refractivity contribution in [2.75, 3.05) is 0 Å². The molecule has 0 spiro atoms. The van der Waals surface area contributed by atoms with E-state index in [9.17, 15) is 0 Å². The van der Waals surface area contributed by atoms with Crippen LogP contribution in [-0.2, 0) is 0 Å². The summed E-state index contributed by atoms with van der Waals surface area (Å²) in [7, 11) is 0. The predicted octanol–water partition coefficient (Wildman–Crippen LogP) is 2.01. The monoisotopic (exact) mass is 144 g/mol. The van der Waals surface area contributed by atoms with Gasteiger partial charge in [0, 0.05) is 5.56 Å². The van der Waals surface area contributed by atoms with Gasteiger partial charge in [-0.05, 0) is 6.08 Å². The standard InChI is InChI=1S/C9H8N2/c1-2-4-6-9-8(5-3-1)7-10-11-9/h1-7H,(H,10,11). The summed E-state index contributed by atoms with van der Waals surface area (Å²) in [5.41, 5.74) is 2.19. The van der Waals surface area contributed by atoms with Crippen LogP contribution in [0.15, 0.2) is 30.5 Å². The van der Waals surface area contributed by atoms with Gasteiger partial charge in [-0.25, -0.2) is 0 Å². The zero-order valence-corrected chi connectivity index (χ0v) is 5.99. The Morgan fingerprint density at radius 2 is 1.82 bits per heavy atom. The maximum atomic E-state index is 3.93. The van der Waals surface area contributed by atoms with Crippen LogP contribution in [0.1, 0.15) is 11.3 Å². The summed E-state index contributed by atoms with van der Waals surface area (Å²) >= 11 is 0. The molecule has 0 aromatic carbocycles. The summed E-state index contributed by atoms with van der Waals surface area (Å²) in [5, 5.41) is 6.84. The van der Waals surface area contributed by atoms with Crippen molar-refractivity contribution in [2.24, 2.45) is 0 Å². The highest BCUT2D eigenvalue weighted by Gasteiger charge is 1.96. The van der Waals surface area contributed by atoms with E-state index < -0.39 is 0 Å². The Balaban J connectivity index is 2.52. The topological polar surface area (TPSA) is 28.7 Å². The third-order valence-corrected chi connectivity index (χ3v) is 1.57. The van der Waals surface area contributed by atoms with Crippen molar-refractivity contribution in [3.8, 4) is 0 Å². The van der Waals surface area contributed by atoms with Crippen LogP contribution in [0.25, 0.3) is 12.2 Å². The second-order valence-corrected chi connectivity index (χ2v) is 2.34. The van der Waals surface area contributed by atoms with Crippen molar-refractivity contribution >= 4 is 12.2 Å². The number of H-pyrrole nitrogens is 1. The summed E-state index contributed by atoms with van der Waals surface area (Å²) in [6.07, 6.45) is 13.8. The minimum Gasteiger partial charge on any atom is -0.278 e. The van der Waals surface area contributed by atoms with Gasteiger partial charge >= 0.3 is 0 Å². The normalized spacial score (nSPS) is 17.1. The molecule has 1 N–H and O–H groups in total. The van der Waals surface area contributed by atoms with Gasteiger partial charge in [-0.2, -0.15) is 5.10 Å². The van der Waals surface area contributed by atoms with Crippen LogP contribution in [0.3, 0.4) is 0 Å². The molecule has 0 unspecified atom stereocenters. The predicted molar refractivity (Wildman–Crippen MR) is 45.8 cm³/mol. The van der Waals surface area contributed by atoms with E-state index in [2.05, 4.69) is 10.2 Å². The van der Waals surface area contributed by atoms with Gasteiger partial charge in [0.1, 0.15) is 0 Å². The van der Waals surface area contributed by atoms with Crippen molar-refractivity contribution in [1.82, 2.24) is 10.2 Å². The summed E-state index contributed by atoms with van der Waals surface area (Å²) < 4.78 is 0. The number of aromatic amines is 1. The molecule has 0 amide bonds. The van der Waals surface area contributed by atoms with Crippen LogP contribution < -0.4 is 0 Å². The SMILES string of the molecule is C1=C/C=C\c2[nH]ncc2C=C1. The quantitative estimate of drug-likeness (QED) is 0.592. The fourth-order valence-corrected chi connectivity index (χ4v) is 1.01. The van der Waals surface area contributed by atoms with Crippen LogP contribution in [0, 0.1) is 0 Å². The molecule has 0 radical (unpaired) electrons. The molecule has 2 nitrogen and oxygen atoms in total. The number of nitrogens with one attached hydrogen (secondary N) is 1. The lowest BCUT2D eigenvalue weighted by molar-refractivity contribution is 1.08. The summed E-state index contributed by atoms with van der Waals surface area (Å²) in [6.45, 7) is 0. The molecule has 0 atom stereocenters. The van der Waals surface area contributed by atoms with E-state index in [1.165, 1.54) is 0 Å². The minimum atomic E-state index is 1.06. The van der Waals surface area contributed by atoms with E-state index in [1.807, 2.05) is 42.7 Å². The lowest BCUT2D eigenvalue weighted by atomic mass is 10.2. The van der Waals surface area contributed by atoms with E-state index >= 15 is 0 Å². The van der Waals surface area contributed by atoms with E-state index in [4.69, 9.17) is 0 Å². The Morgan fingerprint density at radius 1 is 1.00 bits per heavy atom. The van der Waals surface area contributed by atoms with Crippen LogP contribution in [0.5, 0.6) is 0 Å². The Hall–Kier alpha value is -1.57. The molecule has 2 heteroatoms. The van der Waals surface area contributed by atoms with Gasteiger partial charge in [0.25, 0.3) is 0 Å². The van der Waals surface area contributed by atoms with Crippen molar-refractivity contribution < 1.29 is 0 Å². The molecule has 1 heterocycles. The number of nitrogens with zero attached hydrogens (tertiary/aromatic N) is 1. The van der Waals surface area contributed by atoms with Crippen molar-refractivity contribution in [3.05, 3.63) is 41.8 Å². The Bertz CT molecular complexity index is 299. The highest BCUT2D eigenvalue weighted by molar-refractivity contribution is 5.64. The molecule has 0 aliphatic heterocycles. The largest absolute Gasteiger partial charge is 0.278 e. The first-order chi connectivity index (χ1) is 5.47. The smallest absolute Gasteiger partial charge is 0.0650 e. The van der Waals surface area contributed by atoms with Crippen molar-refractivity contribution in [2.45, 2.75) is 0 Å². The highest BCUT2D eigenvalue weighted by atomic mass is 15.1. The molecule has 0 fully saturated rings. The zero-order valence-electron chi connectivity index (χ0n) is 5.99. The summed E-state index contributed by atoms with van der Waals surface area (Å²) in [5.74, 6) is 0. The van der Waals surface area contributed by atoms with Crippen LogP contribution >= 0.6 is 0 Å². The Kier molecular flexibility index (Phi) is 1.44.